The molecule has 39 heavy (non-hydrogen) atoms. The summed E-state index contributed by atoms with van der Waals surface area (Å²) >= 11 is 11.1. The van der Waals surface area contributed by atoms with Gasteiger partial charge >= 0.3 is 0 Å². The van der Waals surface area contributed by atoms with Gasteiger partial charge in [-0.15, -0.1) is 0 Å². The van der Waals surface area contributed by atoms with Crippen molar-refractivity contribution in [3.63, 3.8) is 0 Å². The lowest BCUT2D eigenvalue weighted by atomic mass is 9.99. The third-order valence-electron chi connectivity index (χ3n) is 6.82. The molecule has 0 aliphatic carbocycles. The van der Waals surface area contributed by atoms with Crippen LogP contribution in [0.3, 0.4) is 0 Å². The molecule has 2 aromatic carbocycles. The predicted molar refractivity (Wildman–Crippen MR) is 135 cm³/mol. The third-order valence-corrected chi connectivity index (χ3v) is 7.38. The van der Waals surface area contributed by atoms with Crippen molar-refractivity contribution in [1.82, 2.24) is 9.80 Å². The zero-order valence-corrected chi connectivity index (χ0v) is 22.5. The van der Waals surface area contributed by atoms with Crippen molar-refractivity contribution in [3.05, 3.63) is 58.7 Å². The van der Waals surface area contributed by atoms with Gasteiger partial charge in [0, 0.05) is 11.8 Å². The number of nitrogens with zero attached hydrogens (tertiary/aromatic N) is 2. The highest BCUT2D eigenvalue weighted by molar-refractivity contribution is 6.66. The molecule has 4 amide bonds. The molecule has 2 heterocycles. The van der Waals surface area contributed by atoms with Crippen molar-refractivity contribution in [1.29, 1.82) is 0 Å². The predicted octanol–water partition coefficient (Wildman–Crippen LogP) is 2.89. The largest absolute Gasteiger partial charge is 0.457 e. The summed E-state index contributed by atoms with van der Waals surface area (Å²) in [5.74, 6) is -5.48. The van der Waals surface area contributed by atoms with Crippen molar-refractivity contribution in [2.24, 2.45) is 11.8 Å². The van der Waals surface area contributed by atoms with Crippen LogP contribution in [0.5, 0.6) is 11.5 Å². The fraction of sp³-hybridized carbons (Fsp3) is 0.308. The second kappa shape index (κ2) is 9.53. The number of imide groups is 2. The van der Waals surface area contributed by atoms with E-state index in [4.69, 9.17) is 27.9 Å². The van der Waals surface area contributed by atoms with Gasteiger partial charge in [-0.3, -0.25) is 28.8 Å². The Morgan fingerprint density at radius 2 is 0.974 bits per heavy atom. The van der Waals surface area contributed by atoms with Gasteiger partial charge in [-0.1, -0.05) is 27.7 Å². The highest BCUT2D eigenvalue weighted by Gasteiger charge is 2.55. The molecule has 2 aliphatic rings. The van der Waals surface area contributed by atoms with E-state index in [-0.39, 0.29) is 33.8 Å². The van der Waals surface area contributed by atoms with E-state index in [0.717, 1.165) is 0 Å². The second-order valence-electron chi connectivity index (χ2n) is 9.72. The maximum atomic E-state index is 13.1. The Kier molecular flexibility index (Phi) is 6.93. The van der Waals surface area contributed by atoms with E-state index >= 15 is 0 Å². The van der Waals surface area contributed by atoms with Gasteiger partial charge in [0.15, 0.2) is 0 Å². The smallest absolute Gasteiger partial charge is 0.275 e. The standard InChI is InChI=1S/C26H22Cl2N2O9/c1-11(2)25(37,23(27)35)29-19(31)15-7-5-13(9-17(15)21(29)33)39-14-6-8-16-18(10-14)22(34)30(20(16)32)26(38,12(3)4)24(28)36/h5-12,37-38H,1-4H3/t25-,26-/m0/s1. The van der Waals surface area contributed by atoms with Gasteiger partial charge in [-0.2, -0.15) is 0 Å². The number of halogens is 2. The van der Waals surface area contributed by atoms with Crippen molar-refractivity contribution in [2.75, 3.05) is 0 Å². The molecule has 0 saturated heterocycles. The molecule has 0 bridgehead atoms. The van der Waals surface area contributed by atoms with Crippen LogP contribution in [0.2, 0.25) is 0 Å². The molecule has 2 atom stereocenters. The Hall–Kier alpha value is -3.64. The second-order valence-corrected chi connectivity index (χ2v) is 10.4. The average molecular weight is 577 g/mol. The van der Waals surface area contributed by atoms with Crippen LogP contribution in [-0.2, 0) is 9.59 Å². The minimum Gasteiger partial charge on any atom is -0.457 e. The van der Waals surface area contributed by atoms with E-state index in [9.17, 15) is 39.0 Å². The van der Waals surface area contributed by atoms with Gasteiger partial charge in [0.05, 0.1) is 22.3 Å². The van der Waals surface area contributed by atoms with E-state index in [1.54, 1.807) is 0 Å². The monoisotopic (exact) mass is 576 g/mol. The number of fused-ring (bicyclic) bond motifs is 2. The molecule has 13 heteroatoms. The first-order chi connectivity index (χ1) is 18.1. The van der Waals surface area contributed by atoms with Crippen LogP contribution >= 0.6 is 23.2 Å². The maximum Gasteiger partial charge on any atom is 0.275 e. The van der Waals surface area contributed by atoms with Crippen LogP contribution in [-0.4, -0.2) is 65.6 Å². The molecule has 204 valence electrons. The first-order valence-electron chi connectivity index (χ1n) is 11.7. The number of carbonyl (C=O) groups is 6. The van der Waals surface area contributed by atoms with Crippen LogP contribution in [0.4, 0.5) is 0 Å². The lowest BCUT2D eigenvalue weighted by Gasteiger charge is -2.35. The minimum atomic E-state index is -2.57. The quantitative estimate of drug-likeness (QED) is 0.355. The Labute approximate surface area is 231 Å². The van der Waals surface area contributed by atoms with Crippen LogP contribution in [0.15, 0.2) is 36.4 Å². The number of benzene rings is 2. The van der Waals surface area contributed by atoms with E-state index in [0.29, 0.717) is 9.80 Å². The van der Waals surface area contributed by atoms with Crippen molar-refractivity contribution < 1.29 is 43.7 Å². The molecule has 11 nitrogen and oxygen atoms in total. The Bertz CT molecular complexity index is 1380. The number of rotatable bonds is 8. The molecule has 2 aliphatic heterocycles. The lowest BCUT2D eigenvalue weighted by molar-refractivity contribution is -0.150. The van der Waals surface area contributed by atoms with Crippen LogP contribution in [0.1, 0.15) is 69.1 Å². The normalized spacial score (nSPS) is 17.9. The van der Waals surface area contributed by atoms with Gasteiger partial charge < -0.3 is 14.9 Å². The van der Waals surface area contributed by atoms with Crippen molar-refractivity contribution in [2.45, 2.75) is 39.1 Å². The summed E-state index contributed by atoms with van der Waals surface area (Å²) in [5, 5.41) is 19.1. The number of hydrogen-bond acceptors (Lipinski definition) is 9. The van der Waals surface area contributed by atoms with Gasteiger partial charge in [0.25, 0.3) is 34.1 Å². The van der Waals surface area contributed by atoms with Gasteiger partial charge in [0.2, 0.25) is 11.4 Å². The van der Waals surface area contributed by atoms with Crippen molar-refractivity contribution >= 4 is 57.3 Å². The number of amides is 4. The highest BCUT2D eigenvalue weighted by Crippen LogP contribution is 2.38. The Balaban J connectivity index is 1.66. The molecule has 0 unspecified atom stereocenters. The van der Waals surface area contributed by atoms with E-state index in [2.05, 4.69) is 0 Å². The molecule has 0 saturated carbocycles. The summed E-state index contributed by atoms with van der Waals surface area (Å²) in [5.41, 5.74) is -5.64. The Morgan fingerprint density at radius 1 is 0.667 bits per heavy atom. The van der Waals surface area contributed by atoms with Gasteiger partial charge in [-0.25, -0.2) is 9.80 Å². The molecule has 2 aromatic rings. The molecule has 4 rings (SSSR count). The SMILES string of the molecule is CC(C)[C@](O)(C(=O)Cl)N1C(=O)c2ccc(Oc3ccc4c(c3)C(=O)N([C@@](O)(C(=O)Cl)C(C)C)C4=O)cc2C1=O. The lowest BCUT2D eigenvalue weighted by Crippen LogP contribution is -2.59. The fourth-order valence-electron chi connectivity index (χ4n) is 4.47. The summed E-state index contributed by atoms with van der Waals surface area (Å²) in [7, 11) is 0. The zero-order valence-electron chi connectivity index (χ0n) is 21.0. The fourth-order valence-corrected chi connectivity index (χ4v) is 5.07. The van der Waals surface area contributed by atoms with Crippen LogP contribution < -0.4 is 4.74 Å². The number of hydrogen-bond donors (Lipinski definition) is 2. The first-order valence-corrected chi connectivity index (χ1v) is 12.4. The molecule has 0 spiro atoms. The van der Waals surface area contributed by atoms with Gasteiger partial charge in [0.1, 0.15) is 11.5 Å². The zero-order chi connectivity index (χ0) is 29.2. The number of aliphatic hydroxyl groups is 2. The summed E-state index contributed by atoms with van der Waals surface area (Å²) in [6.07, 6.45) is 0. The molecule has 0 aromatic heterocycles. The number of ether oxygens (including phenoxy) is 1. The Morgan fingerprint density at radius 3 is 1.26 bits per heavy atom. The number of carbonyl (C=O) groups excluding carboxylic acids is 6. The van der Waals surface area contributed by atoms with Crippen molar-refractivity contribution in [3.8, 4) is 11.5 Å². The average Bonchev–Trinajstić information content (AvgIpc) is 3.26. The third kappa shape index (κ3) is 4.04. The summed E-state index contributed by atoms with van der Waals surface area (Å²) in [6.45, 7) is 5.68. The maximum absolute atomic E-state index is 13.1. The highest BCUT2D eigenvalue weighted by atomic mass is 35.5. The van der Waals surface area contributed by atoms with Crippen LogP contribution in [0.25, 0.3) is 0 Å². The molecule has 0 fully saturated rings. The van der Waals surface area contributed by atoms with E-state index < -0.39 is 57.4 Å². The van der Waals surface area contributed by atoms with E-state index in [1.807, 2.05) is 0 Å². The first kappa shape index (κ1) is 28.4. The van der Waals surface area contributed by atoms with Crippen LogP contribution in [0, 0.1) is 11.8 Å². The molecular formula is C26H22Cl2N2O9. The van der Waals surface area contributed by atoms with E-state index in [1.165, 1.54) is 64.1 Å². The summed E-state index contributed by atoms with van der Waals surface area (Å²) in [6, 6.07) is 7.66. The molecule has 2 N–H and O–H groups in total. The minimum absolute atomic E-state index is 0.0465. The molecule has 0 radical (unpaired) electrons. The summed E-state index contributed by atoms with van der Waals surface area (Å²) in [4.78, 5) is 76.7. The topological polar surface area (TPSA) is 159 Å². The molecular weight excluding hydrogens is 555 g/mol. The summed E-state index contributed by atoms with van der Waals surface area (Å²) < 4.78 is 5.75. The van der Waals surface area contributed by atoms with Gasteiger partial charge in [-0.05, 0) is 59.6 Å².